The maximum absolute atomic E-state index is 12.3. The van der Waals surface area contributed by atoms with Gasteiger partial charge in [-0.05, 0) is 55.0 Å². The van der Waals surface area contributed by atoms with E-state index >= 15 is 0 Å². The molecule has 0 radical (unpaired) electrons. The van der Waals surface area contributed by atoms with Gasteiger partial charge in [-0.15, -0.1) is 0 Å². The number of rotatable bonds is 6. The fourth-order valence-corrected chi connectivity index (χ4v) is 4.10. The van der Waals surface area contributed by atoms with E-state index < -0.39 is 12.2 Å². The maximum atomic E-state index is 12.3. The molecule has 4 rings (SSSR count). The van der Waals surface area contributed by atoms with Gasteiger partial charge in [-0.1, -0.05) is 18.2 Å². The molecule has 6 nitrogen and oxygen atoms in total. The highest BCUT2D eigenvalue weighted by Crippen LogP contribution is 2.33. The molecule has 1 aromatic heterocycles. The topological polar surface area (TPSA) is 83.1 Å². The van der Waals surface area contributed by atoms with Crippen molar-refractivity contribution in [1.82, 2.24) is 0 Å². The molecule has 0 bridgehead atoms. The van der Waals surface area contributed by atoms with Gasteiger partial charge in [0.15, 0.2) is 0 Å². The van der Waals surface area contributed by atoms with Gasteiger partial charge < -0.3 is 24.3 Å². The molecule has 2 atom stereocenters. The fourth-order valence-electron chi connectivity index (χ4n) is 4.10. The highest BCUT2D eigenvalue weighted by atomic mass is 16.5. The predicted molar refractivity (Wildman–Crippen MR) is 116 cm³/mol. The van der Waals surface area contributed by atoms with Crippen LogP contribution in [0.25, 0.3) is 11.0 Å². The zero-order valence-corrected chi connectivity index (χ0v) is 17.3. The Labute approximate surface area is 175 Å². The van der Waals surface area contributed by atoms with Crippen molar-refractivity contribution in [3.05, 3.63) is 69.6 Å². The molecular formula is C24H27NO5. The van der Waals surface area contributed by atoms with Gasteiger partial charge in [0.05, 0.1) is 0 Å². The average Bonchev–Trinajstić information content (AvgIpc) is 2.77. The quantitative estimate of drug-likeness (QED) is 0.609. The molecule has 0 saturated carbocycles. The lowest BCUT2D eigenvalue weighted by molar-refractivity contribution is -0.00831. The third-order valence-corrected chi connectivity index (χ3v) is 5.72. The van der Waals surface area contributed by atoms with Crippen molar-refractivity contribution < 1.29 is 19.4 Å². The summed E-state index contributed by atoms with van der Waals surface area (Å²) < 4.78 is 11.2. The average molecular weight is 409 g/mol. The Balaban J connectivity index is 1.60. The number of hydrogen-bond donors (Lipinski definition) is 2. The fraction of sp³-hybridized carbons (Fsp3) is 0.375. The van der Waals surface area contributed by atoms with Crippen LogP contribution in [0.4, 0.5) is 5.69 Å². The Morgan fingerprint density at radius 1 is 1.07 bits per heavy atom. The van der Waals surface area contributed by atoms with Crippen molar-refractivity contribution in [3.8, 4) is 5.75 Å². The van der Waals surface area contributed by atoms with Crippen molar-refractivity contribution >= 4 is 16.7 Å². The van der Waals surface area contributed by atoms with Crippen molar-refractivity contribution in [2.45, 2.75) is 37.9 Å². The summed E-state index contributed by atoms with van der Waals surface area (Å²) in [6, 6.07) is 12.8. The summed E-state index contributed by atoms with van der Waals surface area (Å²) in [5.74, 6) is 0.619. The van der Waals surface area contributed by atoms with E-state index in [0.717, 1.165) is 35.9 Å². The summed E-state index contributed by atoms with van der Waals surface area (Å²) in [5.41, 5.74) is 3.33. The Morgan fingerprint density at radius 2 is 1.80 bits per heavy atom. The number of nitrogens with zero attached hydrogens (tertiary/aromatic N) is 1. The number of hydrogen-bond acceptors (Lipinski definition) is 6. The lowest BCUT2D eigenvalue weighted by Crippen LogP contribution is -2.26. The van der Waals surface area contributed by atoms with Crippen LogP contribution in [0.2, 0.25) is 0 Å². The summed E-state index contributed by atoms with van der Waals surface area (Å²) in [6.45, 7) is -0.0621. The summed E-state index contributed by atoms with van der Waals surface area (Å²) in [4.78, 5) is 14.3. The second kappa shape index (κ2) is 8.50. The summed E-state index contributed by atoms with van der Waals surface area (Å²) >= 11 is 0. The number of aliphatic hydroxyl groups excluding tert-OH is 2. The van der Waals surface area contributed by atoms with Crippen molar-refractivity contribution in [1.29, 1.82) is 0 Å². The molecule has 0 aliphatic heterocycles. The van der Waals surface area contributed by atoms with Gasteiger partial charge in [0, 0.05) is 36.8 Å². The van der Waals surface area contributed by atoms with E-state index in [1.165, 1.54) is 0 Å². The first-order chi connectivity index (χ1) is 14.5. The molecule has 2 N–H and O–H groups in total. The Morgan fingerprint density at radius 3 is 2.57 bits per heavy atom. The number of anilines is 1. The molecule has 1 aliphatic rings. The van der Waals surface area contributed by atoms with Gasteiger partial charge in [0.25, 0.3) is 0 Å². The van der Waals surface area contributed by atoms with Crippen LogP contribution in [-0.4, -0.2) is 37.0 Å². The maximum Gasteiger partial charge on any atom is 0.339 e. The van der Waals surface area contributed by atoms with E-state index in [-0.39, 0.29) is 12.2 Å². The lowest BCUT2D eigenvalue weighted by Gasteiger charge is -2.23. The monoisotopic (exact) mass is 409 g/mol. The Bertz CT molecular complexity index is 1100. The highest BCUT2D eigenvalue weighted by molar-refractivity contribution is 5.85. The SMILES string of the molecule is CN(C)c1cccc(OCC(O)C(O)c2cccc3oc(=O)c4c(c23)CCCC4)c1. The van der Waals surface area contributed by atoms with Crippen molar-refractivity contribution in [2.24, 2.45) is 0 Å². The van der Waals surface area contributed by atoms with Crippen LogP contribution in [0.15, 0.2) is 51.7 Å². The molecule has 1 heterocycles. The number of fused-ring (bicyclic) bond motifs is 3. The molecule has 2 unspecified atom stereocenters. The second-order valence-corrected chi connectivity index (χ2v) is 7.99. The molecule has 0 fully saturated rings. The van der Waals surface area contributed by atoms with Crippen LogP contribution in [0.1, 0.15) is 35.6 Å². The van der Waals surface area contributed by atoms with Gasteiger partial charge >= 0.3 is 5.63 Å². The zero-order valence-electron chi connectivity index (χ0n) is 17.3. The third-order valence-electron chi connectivity index (χ3n) is 5.72. The van der Waals surface area contributed by atoms with Gasteiger partial charge in [-0.3, -0.25) is 0 Å². The molecule has 158 valence electrons. The van der Waals surface area contributed by atoms with E-state index in [1.807, 2.05) is 43.3 Å². The molecule has 3 aromatic rings. The van der Waals surface area contributed by atoms with Crippen LogP contribution in [0.3, 0.4) is 0 Å². The van der Waals surface area contributed by atoms with Crippen molar-refractivity contribution in [2.75, 3.05) is 25.6 Å². The van der Waals surface area contributed by atoms with E-state index in [9.17, 15) is 15.0 Å². The zero-order chi connectivity index (χ0) is 21.3. The van der Waals surface area contributed by atoms with E-state index in [4.69, 9.17) is 9.15 Å². The van der Waals surface area contributed by atoms with Crippen LogP contribution >= 0.6 is 0 Å². The largest absolute Gasteiger partial charge is 0.491 e. The number of aliphatic hydroxyl groups is 2. The summed E-state index contributed by atoms with van der Waals surface area (Å²) in [7, 11) is 3.88. The smallest absolute Gasteiger partial charge is 0.339 e. The predicted octanol–water partition coefficient (Wildman–Crippen LogP) is 3.21. The molecule has 6 heteroatoms. The highest BCUT2D eigenvalue weighted by Gasteiger charge is 2.26. The van der Waals surface area contributed by atoms with Crippen LogP contribution in [0.5, 0.6) is 5.75 Å². The molecule has 1 aliphatic carbocycles. The minimum Gasteiger partial charge on any atom is -0.491 e. The first-order valence-corrected chi connectivity index (χ1v) is 10.3. The van der Waals surface area contributed by atoms with Crippen LogP contribution in [-0.2, 0) is 12.8 Å². The summed E-state index contributed by atoms with van der Waals surface area (Å²) in [5, 5.41) is 22.3. The summed E-state index contributed by atoms with van der Waals surface area (Å²) in [6.07, 6.45) is 1.10. The number of aryl methyl sites for hydroxylation is 1. The van der Waals surface area contributed by atoms with E-state index in [1.54, 1.807) is 18.2 Å². The minimum absolute atomic E-state index is 0.0621. The Kier molecular flexibility index (Phi) is 5.79. The third kappa shape index (κ3) is 3.93. The van der Waals surface area contributed by atoms with Gasteiger partial charge in [-0.25, -0.2) is 4.79 Å². The van der Waals surface area contributed by atoms with E-state index in [2.05, 4.69) is 0 Å². The molecule has 0 amide bonds. The van der Waals surface area contributed by atoms with Crippen molar-refractivity contribution in [3.63, 3.8) is 0 Å². The number of ether oxygens (including phenoxy) is 1. The first kappa shape index (κ1) is 20.4. The molecule has 0 saturated heterocycles. The lowest BCUT2D eigenvalue weighted by atomic mass is 9.87. The van der Waals surface area contributed by atoms with E-state index in [0.29, 0.717) is 28.9 Å². The van der Waals surface area contributed by atoms with Crippen LogP contribution < -0.4 is 15.3 Å². The number of benzene rings is 2. The second-order valence-electron chi connectivity index (χ2n) is 7.99. The normalized spacial score (nSPS) is 15.5. The molecule has 2 aromatic carbocycles. The minimum atomic E-state index is -1.16. The van der Waals surface area contributed by atoms with Gasteiger partial charge in [0.2, 0.25) is 0 Å². The standard InChI is InChI=1S/C24H27NO5/c1-25(2)15-7-5-8-16(13-15)29-14-20(26)23(27)19-11-6-12-21-22(19)17-9-3-4-10-18(17)24(28)30-21/h5-8,11-13,20,23,26-27H,3-4,9-10,14H2,1-2H3. The Hall–Kier alpha value is -2.83. The van der Waals surface area contributed by atoms with Gasteiger partial charge in [0.1, 0.15) is 30.1 Å². The molecular weight excluding hydrogens is 382 g/mol. The van der Waals surface area contributed by atoms with Crippen LogP contribution in [0, 0.1) is 0 Å². The first-order valence-electron chi connectivity index (χ1n) is 10.3. The molecule has 30 heavy (non-hydrogen) atoms. The van der Waals surface area contributed by atoms with Gasteiger partial charge in [-0.2, -0.15) is 0 Å². The molecule has 0 spiro atoms.